The average molecular weight is 233 g/mol. The number of carboxylic acid groups (broad SMARTS) is 1. The second-order valence-corrected chi connectivity index (χ2v) is 4.89. The first kappa shape index (κ1) is 13.5. The van der Waals surface area contributed by atoms with Crippen molar-refractivity contribution >= 4 is 5.97 Å². The van der Waals surface area contributed by atoms with Crippen LogP contribution < -0.4 is 5.73 Å². The van der Waals surface area contributed by atoms with Crippen LogP contribution in [-0.4, -0.2) is 16.6 Å². The summed E-state index contributed by atoms with van der Waals surface area (Å²) in [5.41, 5.74) is 6.86. The van der Waals surface area contributed by atoms with E-state index in [1.807, 2.05) is 44.2 Å². The first-order chi connectivity index (χ1) is 7.88. The number of aliphatic carboxylic acids is 1. The highest BCUT2D eigenvalue weighted by Gasteiger charge is 2.12. The molecule has 0 fully saturated rings. The zero-order chi connectivity index (χ0) is 12.9. The van der Waals surface area contributed by atoms with Gasteiger partial charge in [0.05, 0.1) is 0 Å². The molecule has 0 radical (unpaired) electrons. The second kappa shape index (κ2) is 5.64. The van der Waals surface area contributed by atoms with Crippen LogP contribution >= 0.6 is 0 Å². The van der Waals surface area contributed by atoms with Gasteiger partial charge in [-0.2, -0.15) is 0 Å². The van der Waals surface area contributed by atoms with E-state index in [4.69, 9.17) is 10.8 Å². The molecule has 17 heavy (non-hydrogen) atoms. The van der Waals surface area contributed by atoms with Crippen LogP contribution in [0, 0.1) is 0 Å². The Labute approximate surface area is 102 Å². The minimum Gasteiger partial charge on any atom is -0.478 e. The lowest BCUT2D eigenvalue weighted by Gasteiger charge is -2.16. The maximum absolute atomic E-state index is 11.1. The van der Waals surface area contributed by atoms with E-state index in [9.17, 15) is 4.79 Å². The van der Waals surface area contributed by atoms with E-state index in [0.717, 1.165) is 5.56 Å². The minimum absolute atomic E-state index is 0.378. The van der Waals surface area contributed by atoms with Crippen molar-refractivity contribution in [2.24, 2.45) is 5.73 Å². The lowest BCUT2D eigenvalue weighted by molar-refractivity contribution is -0.132. The largest absolute Gasteiger partial charge is 0.478 e. The van der Waals surface area contributed by atoms with Crippen molar-refractivity contribution in [2.45, 2.75) is 32.2 Å². The average Bonchev–Trinajstić information content (AvgIpc) is 2.24. The van der Waals surface area contributed by atoms with Gasteiger partial charge in [-0.3, -0.25) is 0 Å². The molecular formula is C14H19NO2. The fourth-order valence-corrected chi connectivity index (χ4v) is 1.44. The molecule has 3 N–H and O–H groups in total. The van der Waals surface area contributed by atoms with Gasteiger partial charge in [0.2, 0.25) is 0 Å². The summed E-state index contributed by atoms with van der Waals surface area (Å²) in [7, 11) is 0. The molecule has 1 aromatic carbocycles. The summed E-state index contributed by atoms with van der Waals surface area (Å²) in [6.45, 7) is 3.76. The van der Waals surface area contributed by atoms with Crippen molar-refractivity contribution in [2.75, 3.05) is 0 Å². The molecule has 3 nitrogen and oxygen atoms in total. The quantitative estimate of drug-likeness (QED) is 0.767. The predicted octanol–water partition coefficient (Wildman–Crippen LogP) is 2.37. The van der Waals surface area contributed by atoms with Gasteiger partial charge in [0.15, 0.2) is 0 Å². The molecule has 0 saturated heterocycles. The highest BCUT2D eigenvalue weighted by atomic mass is 16.4. The first-order valence-corrected chi connectivity index (χ1v) is 5.63. The molecule has 0 aromatic heterocycles. The van der Waals surface area contributed by atoms with Gasteiger partial charge < -0.3 is 10.8 Å². The summed E-state index contributed by atoms with van der Waals surface area (Å²) >= 11 is 0. The molecule has 0 saturated carbocycles. The predicted molar refractivity (Wildman–Crippen MR) is 68.7 cm³/mol. The SMILES string of the molecule is CC(C)(N)C/C=C(\Cc1ccccc1)C(=O)O. The van der Waals surface area contributed by atoms with Gasteiger partial charge in [-0.25, -0.2) is 4.79 Å². The van der Waals surface area contributed by atoms with Crippen LogP contribution in [0.1, 0.15) is 25.8 Å². The van der Waals surface area contributed by atoms with Crippen LogP contribution in [0.5, 0.6) is 0 Å². The molecule has 0 aliphatic rings. The monoisotopic (exact) mass is 233 g/mol. The van der Waals surface area contributed by atoms with Gasteiger partial charge in [-0.1, -0.05) is 36.4 Å². The topological polar surface area (TPSA) is 63.3 Å². The molecule has 1 aromatic rings. The Morgan fingerprint density at radius 1 is 1.35 bits per heavy atom. The van der Waals surface area contributed by atoms with Crippen molar-refractivity contribution < 1.29 is 9.90 Å². The number of nitrogens with two attached hydrogens (primary N) is 1. The van der Waals surface area contributed by atoms with Crippen molar-refractivity contribution in [1.29, 1.82) is 0 Å². The summed E-state index contributed by atoms with van der Waals surface area (Å²) in [4.78, 5) is 11.1. The molecule has 0 heterocycles. The third kappa shape index (κ3) is 5.31. The number of hydrogen-bond acceptors (Lipinski definition) is 2. The van der Waals surface area contributed by atoms with E-state index >= 15 is 0 Å². The Hall–Kier alpha value is -1.61. The van der Waals surface area contributed by atoms with Gasteiger partial charge in [0.1, 0.15) is 0 Å². The fourth-order valence-electron chi connectivity index (χ4n) is 1.44. The van der Waals surface area contributed by atoms with E-state index in [0.29, 0.717) is 18.4 Å². The molecule has 3 heteroatoms. The minimum atomic E-state index is -0.877. The Morgan fingerprint density at radius 2 is 1.94 bits per heavy atom. The summed E-state index contributed by atoms with van der Waals surface area (Å²) in [5.74, 6) is -0.877. The van der Waals surface area contributed by atoms with Gasteiger partial charge in [-0.05, 0) is 25.8 Å². The van der Waals surface area contributed by atoms with Crippen molar-refractivity contribution in [1.82, 2.24) is 0 Å². The van der Waals surface area contributed by atoms with Crippen molar-refractivity contribution in [3.8, 4) is 0 Å². The molecule has 92 valence electrons. The van der Waals surface area contributed by atoms with E-state index in [2.05, 4.69) is 0 Å². The standard InChI is InChI=1S/C14H19NO2/c1-14(2,15)9-8-12(13(16)17)10-11-6-4-3-5-7-11/h3-8H,9-10,15H2,1-2H3,(H,16,17)/b12-8+. The number of carbonyl (C=O) groups is 1. The Morgan fingerprint density at radius 3 is 2.41 bits per heavy atom. The smallest absolute Gasteiger partial charge is 0.331 e. The molecule has 0 unspecified atom stereocenters. The highest BCUT2D eigenvalue weighted by molar-refractivity contribution is 5.87. The lowest BCUT2D eigenvalue weighted by atomic mass is 9.98. The summed E-state index contributed by atoms with van der Waals surface area (Å²) in [5, 5.41) is 9.12. The normalized spacial score (nSPS) is 12.5. The molecule has 0 spiro atoms. The zero-order valence-electron chi connectivity index (χ0n) is 10.3. The Balaban J connectivity index is 2.78. The van der Waals surface area contributed by atoms with Gasteiger partial charge in [0, 0.05) is 17.5 Å². The van der Waals surface area contributed by atoms with Gasteiger partial charge in [0.25, 0.3) is 0 Å². The maximum atomic E-state index is 11.1. The molecule has 0 bridgehead atoms. The third-order valence-electron chi connectivity index (χ3n) is 2.39. The Bertz CT molecular complexity index is 402. The number of rotatable bonds is 5. The third-order valence-corrected chi connectivity index (χ3v) is 2.39. The van der Waals surface area contributed by atoms with Crippen LogP contribution in [0.25, 0.3) is 0 Å². The fraction of sp³-hybridized carbons (Fsp3) is 0.357. The van der Waals surface area contributed by atoms with Crippen LogP contribution in [0.3, 0.4) is 0 Å². The molecule has 0 amide bonds. The first-order valence-electron chi connectivity index (χ1n) is 5.63. The van der Waals surface area contributed by atoms with Crippen molar-refractivity contribution in [3.63, 3.8) is 0 Å². The number of hydrogen-bond donors (Lipinski definition) is 2. The van der Waals surface area contributed by atoms with Crippen molar-refractivity contribution in [3.05, 3.63) is 47.5 Å². The molecule has 0 aliphatic carbocycles. The van der Waals surface area contributed by atoms with Crippen LogP contribution in [0.2, 0.25) is 0 Å². The number of benzene rings is 1. The highest BCUT2D eigenvalue weighted by Crippen LogP contribution is 2.12. The van der Waals surface area contributed by atoms with Crippen LogP contribution in [-0.2, 0) is 11.2 Å². The zero-order valence-corrected chi connectivity index (χ0v) is 10.3. The van der Waals surface area contributed by atoms with E-state index in [1.54, 1.807) is 6.08 Å². The van der Waals surface area contributed by atoms with E-state index in [1.165, 1.54) is 0 Å². The second-order valence-electron chi connectivity index (χ2n) is 4.89. The summed E-state index contributed by atoms with van der Waals surface area (Å²) < 4.78 is 0. The van der Waals surface area contributed by atoms with Crippen LogP contribution in [0.4, 0.5) is 0 Å². The van der Waals surface area contributed by atoms with E-state index in [-0.39, 0.29) is 5.54 Å². The maximum Gasteiger partial charge on any atom is 0.331 e. The Kier molecular flexibility index (Phi) is 4.46. The van der Waals surface area contributed by atoms with Crippen LogP contribution in [0.15, 0.2) is 42.0 Å². The molecule has 0 atom stereocenters. The van der Waals surface area contributed by atoms with E-state index < -0.39 is 5.97 Å². The summed E-state index contributed by atoms with van der Waals surface area (Å²) in [6.07, 6.45) is 2.71. The molecular weight excluding hydrogens is 214 g/mol. The van der Waals surface area contributed by atoms with Gasteiger partial charge in [-0.15, -0.1) is 0 Å². The van der Waals surface area contributed by atoms with Gasteiger partial charge >= 0.3 is 5.97 Å². The molecule has 0 aliphatic heterocycles. The number of carboxylic acids is 1. The molecule has 1 rings (SSSR count). The lowest BCUT2D eigenvalue weighted by Crippen LogP contribution is -2.31. The summed E-state index contributed by atoms with van der Waals surface area (Å²) in [6, 6.07) is 9.56.